The summed E-state index contributed by atoms with van der Waals surface area (Å²) >= 11 is 0. The van der Waals surface area contributed by atoms with Gasteiger partial charge in [-0.1, -0.05) is 204 Å². The normalized spacial score (nSPS) is 12.5. The summed E-state index contributed by atoms with van der Waals surface area (Å²) in [5, 5.41) is 0. The van der Waals surface area contributed by atoms with Crippen molar-refractivity contribution in [3.05, 3.63) is 60.8 Å². The quantitative estimate of drug-likeness (QED) is 0.0265. The molecule has 0 heterocycles. The molecule has 0 aromatic carbocycles. The third-order valence-electron chi connectivity index (χ3n) is 10.0. The van der Waals surface area contributed by atoms with Crippen molar-refractivity contribution in [1.82, 2.24) is 0 Å². The van der Waals surface area contributed by atoms with Crippen LogP contribution in [0.1, 0.15) is 226 Å². The number of unbranched alkanes of at least 4 members (excludes halogenated alkanes) is 21. The maximum atomic E-state index is 12.7. The standard InChI is InChI=1S/C51H88O6/c1-4-7-10-13-16-18-20-22-24-25-26-27-28-30-31-33-35-38-41-44-50(53)56-47-48(46-55-49(52)43-40-37-15-12-9-6-3)57-51(54)45-42-39-36-34-32-29-23-21-19-17-14-11-8-5-2/h7,10,16,18,22,24,26-27,30-31,48H,4-6,8-9,11-15,17,19-21,23,25,28-29,32-47H2,1-3H3/b10-7-,18-16-,24-22-,27-26-,31-30-. The number of esters is 3. The van der Waals surface area contributed by atoms with Crippen molar-refractivity contribution in [2.24, 2.45) is 0 Å². The first-order valence-electron chi connectivity index (χ1n) is 23.8. The molecule has 0 saturated heterocycles. The summed E-state index contributed by atoms with van der Waals surface area (Å²) in [5.74, 6) is -0.925. The number of hydrogen-bond donors (Lipinski definition) is 0. The molecule has 0 aromatic heterocycles. The third-order valence-corrected chi connectivity index (χ3v) is 10.0. The van der Waals surface area contributed by atoms with E-state index < -0.39 is 6.10 Å². The van der Waals surface area contributed by atoms with Gasteiger partial charge in [-0.05, 0) is 64.2 Å². The van der Waals surface area contributed by atoms with Crippen LogP contribution in [0.2, 0.25) is 0 Å². The van der Waals surface area contributed by atoms with Crippen molar-refractivity contribution < 1.29 is 28.6 Å². The molecular formula is C51H88O6. The molecule has 0 aliphatic rings. The average molecular weight is 797 g/mol. The summed E-state index contributed by atoms with van der Waals surface area (Å²) in [6.07, 6.45) is 55.1. The third kappa shape index (κ3) is 44.1. The molecule has 0 fully saturated rings. The van der Waals surface area contributed by atoms with E-state index in [9.17, 15) is 14.4 Å². The van der Waals surface area contributed by atoms with Gasteiger partial charge in [-0.2, -0.15) is 0 Å². The van der Waals surface area contributed by atoms with Gasteiger partial charge in [0.05, 0.1) is 0 Å². The van der Waals surface area contributed by atoms with Gasteiger partial charge in [-0.25, -0.2) is 0 Å². The SMILES string of the molecule is CC/C=C\C/C=C\C/C=C\C/C=C\C/C=C\CCCCCC(=O)OCC(COC(=O)CCCCCCCC)OC(=O)CCCCCCCCCCCCCCCC. The van der Waals surface area contributed by atoms with Gasteiger partial charge in [0.15, 0.2) is 6.10 Å². The highest BCUT2D eigenvalue weighted by Gasteiger charge is 2.19. The molecule has 6 nitrogen and oxygen atoms in total. The highest BCUT2D eigenvalue weighted by Crippen LogP contribution is 2.15. The number of carbonyl (C=O) groups is 3. The first-order valence-corrected chi connectivity index (χ1v) is 23.8. The first kappa shape index (κ1) is 54.1. The van der Waals surface area contributed by atoms with Gasteiger partial charge < -0.3 is 14.2 Å². The van der Waals surface area contributed by atoms with Gasteiger partial charge in [-0.3, -0.25) is 14.4 Å². The number of rotatable bonds is 42. The largest absolute Gasteiger partial charge is 0.462 e. The lowest BCUT2D eigenvalue weighted by molar-refractivity contribution is -0.167. The average Bonchev–Trinajstić information content (AvgIpc) is 3.21. The Kier molecular flexibility index (Phi) is 43.5. The highest BCUT2D eigenvalue weighted by atomic mass is 16.6. The van der Waals surface area contributed by atoms with Crippen LogP contribution >= 0.6 is 0 Å². The Balaban J connectivity index is 4.30. The fourth-order valence-corrected chi connectivity index (χ4v) is 6.47. The fourth-order valence-electron chi connectivity index (χ4n) is 6.47. The van der Waals surface area contributed by atoms with E-state index in [2.05, 4.69) is 81.5 Å². The van der Waals surface area contributed by atoms with Crippen LogP contribution in [-0.4, -0.2) is 37.2 Å². The van der Waals surface area contributed by atoms with Crippen LogP contribution in [0.15, 0.2) is 60.8 Å². The van der Waals surface area contributed by atoms with E-state index in [0.717, 1.165) is 96.3 Å². The molecule has 328 valence electrons. The summed E-state index contributed by atoms with van der Waals surface area (Å²) in [4.78, 5) is 37.6. The molecule has 0 aliphatic heterocycles. The second-order valence-corrected chi connectivity index (χ2v) is 15.6. The molecule has 0 spiro atoms. The number of hydrogen-bond acceptors (Lipinski definition) is 6. The molecule has 1 atom stereocenters. The molecular weight excluding hydrogens is 709 g/mol. The lowest BCUT2D eigenvalue weighted by Gasteiger charge is -2.18. The smallest absolute Gasteiger partial charge is 0.306 e. The molecule has 6 heteroatoms. The second-order valence-electron chi connectivity index (χ2n) is 15.6. The van der Waals surface area contributed by atoms with Gasteiger partial charge in [0, 0.05) is 19.3 Å². The van der Waals surface area contributed by atoms with Crippen molar-refractivity contribution in [1.29, 1.82) is 0 Å². The topological polar surface area (TPSA) is 78.9 Å². The number of allylic oxidation sites excluding steroid dienone is 10. The van der Waals surface area contributed by atoms with Crippen LogP contribution in [0, 0.1) is 0 Å². The van der Waals surface area contributed by atoms with Crippen LogP contribution in [0.4, 0.5) is 0 Å². The predicted molar refractivity (Wildman–Crippen MR) is 242 cm³/mol. The summed E-state index contributed by atoms with van der Waals surface area (Å²) in [5.41, 5.74) is 0. The highest BCUT2D eigenvalue weighted by molar-refractivity contribution is 5.71. The van der Waals surface area contributed by atoms with Crippen LogP contribution in [0.25, 0.3) is 0 Å². The Morgan fingerprint density at radius 3 is 1.07 bits per heavy atom. The summed E-state index contributed by atoms with van der Waals surface area (Å²) < 4.78 is 16.6. The van der Waals surface area contributed by atoms with Crippen molar-refractivity contribution in [2.45, 2.75) is 232 Å². The predicted octanol–water partition coefficient (Wildman–Crippen LogP) is 15.3. The van der Waals surface area contributed by atoms with E-state index in [1.165, 1.54) is 89.9 Å². The minimum absolute atomic E-state index is 0.0837. The van der Waals surface area contributed by atoms with Crippen LogP contribution in [-0.2, 0) is 28.6 Å². The lowest BCUT2D eigenvalue weighted by Crippen LogP contribution is -2.30. The summed E-state index contributed by atoms with van der Waals surface area (Å²) in [6, 6.07) is 0. The maximum absolute atomic E-state index is 12.7. The Hall–Kier alpha value is -2.89. The van der Waals surface area contributed by atoms with Gasteiger partial charge in [-0.15, -0.1) is 0 Å². The van der Waals surface area contributed by atoms with E-state index in [1.807, 2.05) is 0 Å². The van der Waals surface area contributed by atoms with Crippen LogP contribution < -0.4 is 0 Å². The maximum Gasteiger partial charge on any atom is 0.306 e. The fraction of sp³-hybridized carbons (Fsp3) is 0.745. The summed E-state index contributed by atoms with van der Waals surface area (Å²) in [6.45, 7) is 6.43. The molecule has 0 amide bonds. The first-order chi connectivity index (χ1) is 28.0. The van der Waals surface area contributed by atoms with Crippen LogP contribution in [0.5, 0.6) is 0 Å². The summed E-state index contributed by atoms with van der Waals surface area (Å²) in [7, 11) is 0. The second kappa shape index (κ2) is 45.8. The van der Waals surface area contributed by atoms with Gasteiger partial charge in [0.1, 0.15) is 13.2 Å². The van der Waals surface area contributed by atoms with Gasteiger partial charge in [0.25, 0.3) is 0 Å². The van der Waals surface area contributed by atoms with Crippen molar-refractivity contribution in [3.8, 4) is 0 Å². The monoisotopic (exact) mass is 797 g/mol. The molecule has 0 rings (SSSR count). The Bertz CT molecular complexity index is 1050. The Morgan fingerprint density at radius 2 is 0.684 bits per heavy atom. The zero-order valence-electron chi connectivity index (χ0n) is 37.3. The minimum atomic E-state index is -0.781. The van der Waals surface area contributed by atoms with Gasteiger partial charge >= 0.3 is 17.9 Å². The van der Waals surface area contributed by atoms with E-state index >= 15 is 0 Å². The zero-order chi connectivity index (χ0) is 41.5. The van der Waals surface area contributed by atoms with E-state index in [1.54, 1.807) is 0 Å². The molecule has 0 saturated carbocycles. The van der Waals surface area contributed by atoms with E-state index in [0.29, 0.717) is 19.3 Å². The van der Waals surface area contributed by atoms with Crippen molar-refractivity contribution in [3.63, 3.8) is 0 Å². The van der Waals surface area contributed by atoms with E-state index in [-0.39, 0.29) is 31.1 Å². The molecule has 1 unspecified atom stereocenters. The van der Waals surface area contributed by atoms with Crippen molar-refractivity contribution in [2.75, 3.05) is 13.2 Å². The molecule has 0 aliphatic carbocycles. The number of ether oxygens (including phenoxy) is 3. The molecule has 57 heavy (non-hydrogen) atoms. The number of carbonyl (C=O) groups excluding carboxylic acids is 3. The van der Waals surface area contributed by atoms with Crippen molar-refractivity contribution >= 4 is 17.9 Å². The lowest BCUT2D eigenvalue weighted by atomic mass is 10.0. The molecule has 0 bridgehead atoms. The Labute approximate surface area is 351 Å². The molecule has 0 N–H and O–H groups in total. The molecule has 0 aromatic rings. The minimum Gasteiger partial charge on any atom is -0.462 e. The zero-order valence-corrected chi connectivity index (χ0v) is 37.3. The van der Waals surface area contributed by atoms with Gasteiger partial charge in [0.2, 0.25) is 0 Å². The van der Waals surface area contributed by atoms with Crippen LogP contribution in [0.3, 0.4) is 0 Å². The van der Waals surface area contributed by atoms with E-state index in [4.69, 9.17) is 14.2 Å². The Morgan fingerprint density at radius 1 is 0.368 bits per heavy atom. The molecule has 0 radical (unpaired) electrons.